The Morgan fingerprint density at radius 2 is 1.52 bits per heavy atom. The molecule has 4 bridgehead atoms. The van der Waals surface area contributed by atoms with Crippen molar-refractivity contribution in [3.05, 3.63) is 30.1 Å². The monoisotopic (exact) mass is 304 g/mol. The van der Waals surface area contributed by atoms with E-state index in [9.17, 15) is 4.39 Å². The van der Waals surface area contributed by atoms with Crippen LogP contribution in [0.15, 0.2) is 24.3 Å². The average Bonchev–Trinajstić information content (AvgIpc) is 2.45. The topological polar surface area (TPSA) is 24.1 Å². The van der Waals surface area contributed by atoms with Crippen LogP contribution in [0.25, 0.3) is 0 Å². The van der Waals surface area contributed by atoms with E-state index in [1.165, 1.54) is 44.2 Å². The van der Waals surface area contributed by atoms with Crippen LogP contribution < -0.4 is 10.6 Å². The predicted molar refractivity (Wildman–Crippen MR) is 86.6 cm³/mol. The fraction of sp³-hybridized carbons (Fsp3) is 0.588. The van der Waals surface area contributed by atoms with Gasteiger partial charge in [-0.3, -0.25) is 0 Å². The third-order valence-corrected chi connectivity index (χ3v) is 5.85. The second-order valence-electron chi connectivity index (χ2n) is 7.06. The lowest BCUT2D eigenvalue weighted by atomic mass is 9.54. The normalized spacial score (nSPS) is 36.5. The van der Waals surface area contributed by atoms with Crippen LogP contribution >= 0.6 is 12.2 Å². The molecule has 0 atom stereocenters. The zero-order chi connectivity index (χ0) is 14.4. The van der Waals surface area contributed by atoms with E-state index in [1.54, 1.807) is 12.1 Å². The van der Waals surface area contributed by atoms with Crippen LogP contribution in [-0.2, 0) is 0 Å². The van der Waals surface area contributed by atoms with Crippen LogP contribution in [0, 0.1) is 29.5 Å². The van der Waals surface area contributed by atoms with E-state index in [-0.39, 0.29) is 5.82 Å². The Kier molecular flexibility index (Phi) is 3.37. The summed E-state index contributed by atoms with van der Waals surface area (Å²) in [5.74, 6) is 3.33. The fourth-order valence-electron chi connectivity index (χ4n) is 5.01. The Hall–Kier alpha value is -1.16. The molecular formula is C17H21FN2S. The molecular weight excluding hydrogens is 283 g/mol. The van der Waals surface area contributed by atoms with Crippen LogP contribution in [0.5, 0.6) is 0 Å². The summed E-state index contributed by atoms with van der Waals surface area (Å²) in [7, 11) is 0. The fourth-order valence-corrected chi connectivity index (χ4v) is 5.27. The Balaban J connectivity index is 1.39. The Bertz CT molecular complexity index is 514. The summed E-state index contributed by atoms with van der Waals surface area (Å²) < 4.78 is 12.9. The van der Waals surface area contributed by atoms with Gasteiger partial charge in [0.05, 0.1) is 0 Å². The molecule has 0 spiro atoms. The van der Waals surface area contributed by atoms with Gasteiger partial charge in [-0.05, 0) is 92.3 Å². The lowest BCUT2D eigenvalue weighted by molar-refractivity contribution is -0.00665. The lowest BCUT2D eigenvalue weighted by Gasteiger charge is -2.54. The van der Waals surface area contributed by atoms with Crippen molar-refractivity contribution in [3.63, 3.8) is 0 Å². The quantitative estimate of drug-likeness (QED) is 0.809. The number of thiocarbonyl (C=S) groups is 1. The second kappa shape index (κ2) is 5.24. The summed E-state index contributed by atoms with van der Waals surface area (Å²) in [5, 5.41) is 7.41. The van der Waals surface area contributed by atoms with Gasteiger partial charge >= 0.3 is 0 Å². The highest BCUT2D eigenvalue weighted by atomic mass is 32.1. The number of benzene rings is 1. The average molecular weight is 304 g/mol. The van der Waals surface area contributed by atoms with E-state index in [4.69, 9.17) is 12.2 Å². The van der Waals surface area contributed by atoms with Gasteiger partial charge in [0.1, 0.15) is 5.82 Å². The molecule has 21 heavy (non-hydrogen) atoms. The van der Waals surface area contributed by atoms with Crippen LogP contribution in [-0.4, -0.2) is 11.2 Å². The third kappa shape index (κ3) is 2.66. The summed E-state index contributed by atoms with van der Waals surface area (Å²) in [5.41, 5.74) is 0.845. The van der Waals surface area contributed by atoms with Crippen molar-refractivity contribution in [1.82, 2.24) is 5.32 Å². The molecule has 2 nitrogen and oxygen atoms in total. The van der Waals surface area contributed by atoms with Crippen molar-refractivity contribution < 1.29 is 4.39 Å². The molecule has 4 fully saturated rings. The van der Waals surface area contributed by atoms with Crippen molar-refractivity contribution in [1.29, 1.82) is 0 Å². The molecule has 4 aliphatic rings. The van der Waals surface area contributed by atoms with E-state index in [2.05, 4.69) is 10.6 Å². The molecule has 0 saturated heterocycles. The highest BCUT2D eigenvalue weighted by Gasteiger charge is 2.48. The van der Waals surface area contributed by atoms with E-state index >= 15 is 0 Å². The van der Waals surface area contributed by atoms with Gasteiger partial charge in [-0.2, -0.15) is 0 Å². The van der Waals surface area contributed by atoms with Crippen molar-refractivity contribution in [3.8, 4) is 0 Å². The molecule has 112 valence electrons. The van der Waals surface area contributed by atoms with E-state index in [0.717, 1.165) is 29.4 Å². The maximum Gasteiger partial charge on any atom is 0.171 e. The second-order valence-corrected chi connectivity index (χ2v) is 7.47. The zero-order valence-corrected chi connectivity index (χ0v) is 12.8. The van der Waals surface area contributed by atoms with Crippen molar-refractivity contribution in [2.24, 2.45) is 23.7 Å². The number of anilines is 1. The van der Waals surface area contributed by atoms with Crippen LogP contribution in [0.4, 0.5) is 10.1 Å². The minimum atomic E-state index is -0.222. The molecule has 1 aromatic carbocycles. The summed E-state index contributed by atoms with van der Waals surface area (Å²) in [6.45, 7) is 0. The molecule has 0 radical (unpaired) electrons. The maximum absolute atomic E-state index is 12.9. The van der Waals surface area contributed by atoms with Gasteiger partial charge in [0.2, 0.25) is 0 Å². The maximum atomic E-state index is 12.9. The van der Waals surface area contributed by atoms with Gasteiger partial charge in [0.15, 0.2) is 5.11 Å². The molecule has 0 amide bonds. The summed E-state index contributed by atoms with van der Waals surface area (Å²) >= 11 is 5.45. The highest BCUT2D eigenvalue weighted by molar-refractivity contribution is 7.80. The number of halogens is 1. The first-order valence-electron chi connectivity index (χ1n) is 8.00. The zero-order valence-electron chi connectivity index (χ0n) is 12.0. The Morgan fingerprint density at radius 3 is 2.10 bits per heavy atom. The van der Waals surface area contributed by atoms with Crippen LogP contribution in [0.1, 0.15) is 32.1 Å². The first-order valence-corrected chi connectivity index (χ1v) is 8.41. The molecule has 1 aromatic rings. The number of nitrogens with one attached hydrogen (secondary N) is 2. The lowest BCUT2D eigenvalue weighted by Crippen LogP contribution is -2.56. The largest absolute Gasteiger partial charge is 0.359 e. The molecule has 4 heteroatoms. The molecule has 0 aliphatic heterocycles. The smallest absolute Gasteiger partial charge is 0.171 e. The van der Waals surface area contributed by atoms with Gasteiger partial charge in [-0.25, -0.2) is 4.39 Å². The Labute approximate surface area is 130 Å². The van der Waals surface area contributed by atoms with Crippen LogP contribution in [0.2, 0.25) is 0 Å². The third-order valence-electron chi connectivity index (χ3n) is 5.63. The van der Waals surface area contributed by atoms with Crippen molar-refractivity contribution >= 4 is 23.0 Å². The summed E-state index contributed by atoms with van der Waals surface area (Å²) in [6.07, 6.45) is 6.99. The standard InChI is InChI=1S/C17H21FN2S/c18-14-1-3-15(4-2-14)19-17(21)20-16-12-6-10-5-11(8-12)9-13(16)7-10/h1-4,10-13,16H,5-9H2,(H2,19,20,21). The van der Waals surface area contributed by atoms with Gasteiger partial charge in [0, 0.05) is 11.7 Å². The molecule has 0 aromatic heterocycles. The molecule has 2 N–H and O–H groups in total. The van der Waals surface area contributed by atoms with Crippen molar-refractivity contribution in [2.45, 2.75) is 38.1 Å². The minimum Gasteiger partial charge on any atom is -0.359 e. The molecule has 5 rings (SSSR count). The van der Waals surface area contributed by atoms with E-state index in [0.29, 0.717) is 11.2 Å². The predicted octanol–water partition coefficient (Wildman–Crippen LogP) is 3.94. The first-order chi connectivity index (χ1) is 10.2. The number of hydrogen-bond donors (Lipinski definition) is 2. The van der Waals surface area contributed by atoms with Gasteiger partial charge in [0.25, 0.3) is 0 Å². The molecule has 0 unspecified atom stereocenters. The molecule has 4 aliphatic carbocycles. The highest BCUT2D eigenvalue weighted by Crippen LogP contribution is 2.53. The number of hydrogen-bond acceptors (Lipinski definition) is 1. The SMILES string of the molecule is Fc1ccc(NC(=S)NC2C3CC4CC(C3)CC2C4)cc1. The Morgan fingerprint density at radius 1 is 0.952 bits per heavy atom. The molecule has 4 saturated carbocycles. The minimum absolute atomic E-state index is 0.222. The first kappa shape index (κ1) is 13.5. The van der Waals surface area contributed by atoms with Gasteiger partial charge < -0.3 is 10.6 Å². The van der Waals surface area contributed by atoms with E-state index in [1.807, 2.05) is 0 Å². The molecule has 0 heterocycles. The van der Waals surface area contributed by atoms with Crippen molar-refractivity contribution in [2.75, 3.05) is 5.32 Å². The van der Waals surface area contributed by atoms with E-state index < -0.39 is 0 Å². The summed E-state index contributed by atoms with van der Waals surface area (Å²) in [4.78, 5) is 0. The number of rotatable bonds is 2. The summed E-state index contributed by atoms with van der Waals surface area (Å²) in [6, 6.07) is 6.89. The van der Waals surface area contributed by atoms with Gasteiger partial charge in [-0.15, -0.1) is 0 Å². The van der Waals surface area contributed by atoms with Gasteiger partial charge in [-0.1, -0.05) is 0 Å². The van der Waals surface area contributed by atoms with Crippen LogP contribution in [0.3, 0.4) is 0 Å².